The van der Waals surface area contributed by atoms with E-state index in [0.29, 0.717) is 34.1 Å². The molecule has 10 heteroatoms. The van der Waals surface area contributed by atoms with Crippen molar-refractivity contribution < 1.29 is 4.79 Å². The van der Waals surface area contributed by atoms with E-state index in [1.807, 2.05) is 36.4 Å². The van der Waals surface area contributed by atoms with Crippen molar-refractivity contribution in [3.05, 3.63) is 108 Å². The van der Waals surface area contributed by atoms with E-state index in [1.54, 1.807) is 30.5 Å². The maximum absolute atomic E-state index is 14.0. The Bertz CT molecular complexity index is 1880. The molecule has 1 aliphatic heterocycles. The highest BCUT2D eigenvalue weighted by molar-refractivity contribution is 5.99. The first kappa shape index (κ1) is 27.8. The number of rotatable bonds is 7. The molecule has 3 heterocycles. The molecule has 2 aromatic heterocycles. The minimum atomic E-state index is -0.350. The first-order valence-corrected chi connectivity index (χ1v) is 14.1. The Labute approximate surface area is 249 Å². The number of carbonyl (C=O) groups excluding carboxylic acids is 1. The van der Waals surface area contributed by atoms with E-state index in [9.17, 15) is 9.59 Å². The topological polar surface area (TPSA) is 108 Å². The molecule has 5 aromatic rings. The van der Waals surface area contributed by atoms with Gasteiger partial charge in [0.1, 0.15) is 11.2 Å². The molecule has 1 aliphatic rings. The third-order valence-electron chi connectivity index (χ3n) is 7.50. The molecule has 0 aliphatic carbocycles. The number of fused-ring (bicyclic) bond motifs is 1. The number of amides is 1. The van der Waals surface area contributed by atoms with Crippen LogP contribution in [0.2, 0.25) is 0 Å². The van der Waals surface area contributed by atoms with Crippen LogP contribution in [0.3, 0.4) is 0 Å². The molecule has 10 nitrogen and oxygen atoms in total. The van der Waals surface area contributed by atoms with Crippen molar-refractivity contribution in [3.8, 4) is 16.9 Å². The molecule has 1 amide bonds. The minimum Gasteiger partial charge on any atom is -0.369 e. The van der Waals surface area contributed by atoms with E-state index in [2.05, 4.69) is 63.1 Å². The van der Waals surface area contributed by atoms with E-state index >= 15 is 0 Å². The second-order valence-electron chi connectivity index (χ2n) is 10.5. The molecule has 0 saturated carbocycles. The summed E-state index contributed by atoms with van der Waals surface area (Å²) in [5, 5.41) is 6.06. The summed E-state index contributed by atoms with van der Waals surface area (Å²) in [6.45, 7) is 9.68. The van der Waals surface area contributed by atoms with E-state index in [-0.39, 0.29) is 17.2 Å². The molecule has 0 bridgehead atoms. The quantitative estimate of drug-likeness (QED) is 0.269. The second kappa shape index (κ2) is 11.9. The molecule has 2 N–H and O–H groups in total. The Hall–Kier alpha value is -5.35. The fourth-order valence-corrected chi connectivity index (χ4v) is 5.24. The van der Waals surface area contributed by atoms with Gasteiger partial charge in [0.05, 0.1) is 11.9 Å². The summed E-state index contributed by atoms with van der Waals surface area (Å²) in [7, 11) is 2.15. The molecule has 43 heavy (non-hydrogen) atoms. The summed E-state index contributed by atoms with van der Waals surface area (Å²) in [5.41, 5.74) is 5.64. The lowest BCUT2D eigenvalue weighted by Crippen LogP contribution is -2.44. The molecule has 1 fully saturated rings. The maximum Gasteiger partial charge on any atom is 0.283 e. The lowest BCUT2D eigenvalue weighted by molar-refractivity contribution is -0.111. The largest absolute Gasteiger partial charge is 0.369 e. The average Bonchev–Trinajstić information content (AvgIpc) is 3.02. The number of carbonyl (C=O) groups is 1. The van der Waals surface area contributed by atoms with Gasteiger partial charge in [-0.15, -0.1) is 0 Å². The highest BCUT2D eigenvalue weighted by Gasteiger charge is 2.18. The van der Waals surface area contributed by atoms with Crippen molar-refractivity contribution in [2.24, 2.45) is 0 Å². The van der Waals surface area contributed by atoms with Crippen molar-refractivity contribution in [1.82, 2.24) is 24.4 Å². The SMILES string of the molecule is C=CC(=O)Nc1cccc(-n2c(=O)c(-c3ccccc3)nc3cnc(Nc4ccc(N5CCN(C)CC5)c(C)c4)nc32)c1. The Morgan fingerprint density at radius 2 is 1.72 bits per heavy atom. The van der Waals surface area contributed by atoms with Crippen LogP contribution in [0, 0.1) is 6.92 Å². The van der Waals surface area contributed by atoms with E-state index in [0.717, 1.165) is 37.4 Å². The molecular weight excluding hydrogens is 540 g/mol. The zero-order valence-corrected chi connectivity index (χ0v) is 24.1. The van der Waals surface area contributed by atoms with Gasteiger partial charge in [-0.3, -0.25) is 14.2 Å². The molecule has 0 atom stereocenters. The van der Waals surface area contributed by atoms with Gasteiger partial charge >= 0.3 is 0 Å². The third-order valence-corrected chi connectivity index (χ3v) is 7.50. The van der Waals surface area contributed by atoms with Gasteiger partial charge in [-0.2, -0.15) is 4.98 Å². The number of hydrogen-bond donors (Lipinski definition) is 2. The Balaban J connectivity index is 1.41. The van der Waals surface area contributed by atoms with Crippen molar-refractivity contribution in [2.75, 3.05) is 48.8 Å². The van der Waals surface area contributed by atoms with Crippen LogP contribution in [0.4, 0.5) is 23.0 Å². The minimum absolute atomic E-state index is 0.271. The summed E-state index contributed by atoms with van der Waals surface area (Å²) in [4.78, 5) is 44.7. The van der Waals surface area contributed by atoms with Crippen LogP contribution in [0.15, 0.2) is 96.4 Å². The maximum atomic E-state index is 14.0. The summed E-state index contributed by atoms with van der Waals surface area (Å²) in [6, 6.07) is 22.5. The molecule has 3 aromatic carbocycles. The summed E-state index contributed by atoms with van der Waals surface area (Å²) in [5.74, 6) is -0.0189. The van der Waals surface area contributed by atoms with Crippen LogP contribution in [0.25, 0.3) is 28.1 Å². The number of nitrogens with zero attached hydrogens (tertiary/aromatic N) is 6. The van der Waals surface area contributed by atoms with Gasteiger partial charge in [-0.05, 0) is 62.0 Å². The summed E-state index contributed by atoms with van der Waals surface area (Å²) < 4.78 is 1.50. The predicted molar refractivity (Wildman–Crippen MR) is 171 cm³/mol. The molecule has 0 spiro atoms. The number of aromatic nitrogens is 4. The standard InChI is InChI=1S/C33H32N8O2/c1-4-29(42)35-24-11-8-12-26(20-24)41-31-27(37-30(32(41)43)23-9-6-5-7-10-23)21-34-33(38-31)36-25-13-14-28(22(2)19-25)40-17-15-39(3)16-18-40/h4-14,19-21H,1,15-18H2,2-3H3,(H,35,42)(H,34,36,38). The van der Waals surface area contributed by atoms with Gasteiger partial charge in [0.2, 0.25) is 11.9 Å². The van der Waals surface area contributed by atoms with E-state index in [4.69, 9.17) is 4.98 Å². The van der Waals surface area contributed by atoms with Gasteiger partial charge in [0.25, 0.3) is 5.56 Å². The Morgan fingerprint density at radius 1 is 0.930 bits per heavy atom. The number of anilines is 4. The number of likely N-dealkylation sites (N-methyl/N-ethyl adjacent to an activating group) is 1. The Kier molecular flexibility index (Phi) is 7.67. The summed E-state index contributed by atoms with van der Waals surface area (Å²) >= 11 is 0. The average molecular weight is 573 g/mol. The van der Waals surface area contributed by atoms with Crippen molar-refractivity contribution in [1.29, 1.82) is 0 Å². The second-order valence-corrected chi connectivity index (χ2v) is 10.5. The number of hydrogen-bond acceptors (Lipinski definition) is 8. The molecule has 0 unspecified atom stereocenters. The molecule has 0 radical (unpaired) electrons. The van der Waals surface area contributed by atoms with Crippen LogP contribution in [-0.4, -0.2) is 63.6 Å². The predicted octanol–water partition coefficient (Wildman–Crippen LogP) is 4.77. The van der Waals surface area contributed by atoms with Gasteiger partial charge in [0.15, 0.2) is 5.65 Å². The Morgan fingerprint density at radius 3 is 2.47 bits per heavy atom. The number of piperazine rings is 1. The van der Waals surface area contributed by atoms with E-state index in [1.165, 1.54) is 16.3 Å². The van der Waals surface area contributed by atoms with Gasteiger partial charge in [-0.25, -0.2) is 9.97 Å². The van der Waals surface area contributed by atoms with E-state index < -0.39 is 0 Å². The number of nitrogens with one attached hydrogen (secondary N) is 2. The molecule has 216 valence electrons. The van der Waals surface area contributed by atoms with Crippen molar-refractivity contribution in [2.45, 2.75) is 6.92 Å². The molecule has 1 saturated heterocycles. The van der Waals surface area contributed by atoms with Crippen LogP contribution in [-0.2, 0) is 4.79 Å². The smallest absolute Gasteiger partial charge is 0.283 e. The molecular formula is C33H32N8O2. The number of aryl methyl sites for hydroxylation is 1. The van der Waals surface area contributed by atoms with Crippen LogP contribution < -0.4 is 21.1 Å². The lowest BCUT2D eigenvalue weighted by atomic mass is 10.1. The highest BCUT2D eigenvalue weighted by Crippen LogP contribution is 2.27. The van der Waals surface area contributed by atoms with Crippen molar-refractivity contribution in [3.63, 3.8) is 0 Å². The van der Waals surface area contributed by atoms with Crippen LogP contribution >= 0.6 is 0 Å². The van der Waals surface area contributed by atoms with Crippen LogP contribution in [0.5, 0.6) is 0 Å². The number of benzene rings is 3. The van der Waals surface area contributed by atoms with Crippen LogP contribution in [0.1, 0.15) is 5.56 Å². The van der Waals surface area contributed by atoms with Crippen molar-refractivity contribution >= 4 is 40.1 Å². The summed E-state index contributed by atoms with van der Waals surface area (Å²) in [6.07, 6.45) is 2.81. The van der Waals surface area contributed by atoms with Gasteiger partial charge in [-0.1, -0.05) is 43.0 Å². The highest BCUT2D eigenvalue weighted by atomic mass is 16.1. The fourth-order valence-electron chi connectivity index (χ4n) is 5.24. The zero-order chi connectivity index (χ0) is 29.9. The van der Waals surface area contributed by atoms with Gasteiger partial charge < -0.3 is 20.4 Å². The monoisotopic (exact) mass is 572 g/mol. The zero-order valence-electron chi connectivity index (χ0n) is 24.1. The lowest BCUT2D eigenvalue weighted by Gasteiger charge is -2.35. The first-order chi connectivity index (χ1) is 20.9. The third kappa shape index (κ3) is 5.86. The first-order valence-electron chi connectivity index (χ1n) is 14.1. The normalized spacial score (nSPS) is 13.6. The van der Waals surface area contributed by atoms with Gasteiger partial charge in [0, 0.05) is 48.8 Å². The molecule has 6 rings (SSSR count). The fraction of sp³-hybridized carbons (Fsp3) is 0.182.